The lowest BCUT2D eigenvalue weighted by Gasteiger charge is -2.11. The van der Waals surface area contributed by atoms with Crippen LogP contribution in [0.1, 0.15) is 5.56 Å². The highest BCUT2D eigenvalue weighted by atomic mass is 32.1. The zero-order valence-corrected chi connectivity index (χ0v) is 15.5. The molecule has 2 aromatic carbocycles. The van der Waals surface area contributed by atoms with E-state index in [2.05, 4.69) is 15.0 Å². The molecule has 0 aliphatic heterocycles. The van der Waals surface area contributed by atoms with Crippen molar-refractivity contribution >= 4 is 32.6 Å². The summed E-state index contributed by atoms with van der Waals surface area (Å²) in [5, 5.41) is 2.69. The Hall–Kier alpha value is -2.76. The fourth-order valence-electron chi connectivity index (χ4n) is 2.31. The van der Waals surface area contributed by atoms with Crippen LogP contribution in [0.15, 0.2) is 42.5 Å². The van der Waals surface area contributed by atoms with Crippen molar-refractivity contribution in [3.63, 3.8) is 0 Å². The van der Waals surface area contributed by atoms with Gasteiger partial charge in [0.1, 0.15) is 17.6 Å². The largest absolute Gasteiger partial charge is 0.573 e. The van der Waals surface area contributed by atoms with Crippen LogP contribution in [0.4, 0.5) is 22.7 Å². The first-order valence-electron chi connectivity index (χ1n) is 8.24. The Balaban J connectivity index is 1.54. The van der Waals surface area contributed by atoms with Gasteiger partial charge in [-0.25, -0.2) is 9.37 Å². The second-order valence-corrected chi connectivity index (χ2v) is 6.96. The van der Waals surface area contributed by atoms with Crippen LogP contribution in [0.5, 0.6) is 5.75 Å². The lowest BCUT2D eigenvalue weighted by Crippen LogP contribution is -2.39. The molecule has 1 atom stereocenters. The van der Waals surface area contributed by atoms with Crippen LogP contribution in [0.3, 0.4) is 0 Å². The molecule has 0 radical (unpaired) electrons. The summed E-state index contributed by atoms with van der Waals surface area (Å²) in [6.07, 6.45) is -4.80. The van der Waals surface area contributed by atoms with Crippen LogP contribution in [0.2, 0.25) is 0 Å². The minimum Gasteiger partial charge on any atom is -0.406 e. The van der Waals surface area contributed by atoms with Crippen molar-refractivity contribution in [3.8, 4) is 5.75 Å². The van der Waals surface area contributed by atoms with Gasteiger partial charge in [0.15, 0.2) is 5.13 Å². The Morgan fingerprint density at radius 3 is 2.62 bits per heavy atom. The smallest absolute Gasteiger partial charge is 0.406 e. The Morgan fingerprint density at radius 2 is 1.93 bits per heavy atom. The van der Waals surface area contributed by atoms with Gasteiger partial charge in [-0.1, -0.05) is 23.5 Å². The topological polar surface area (TPSA) is 86.5 Å². The fourth-order valence-corrected chi connectivity index (χ4v) is 3.21. The van der Waals surface area contributed by atoms with Crippen LogP contribution in [-0.2, 0) is 16.1 Å². The monoisotopic (exact) mass is 429 g/mol. The van der Waals surface area contributed by atoms with Crippen LogP contribution in [-0.4, -0.2) is 29.9 Å². The molecule has 29 heavy (non-hydrogen) atoms. The molecule has 1 amide bonds. The third-order valence-electron chi connectivity index (χ3n) is 3.64. The predicted molar refractivity (Wildman–Crippen MR) is 99.0 cm³/mol. The van der Waals surface area contributed by atoms with Crippen LogP contribution in [0, 0.1) is 5.82 Å². The second kappa shape index (κ2) is 8.72. The third-order valence-corrected chi connectivity index (χ3v) is 4.57. The van der Waals surface area contributed by atoms with E-state index in [1.165, 1.54) is 24.3 Å². The van der Waals surface area contributed by atoms with Crippen molar-refractivity contribution in [2.75, 3.05) is 11.9 Å². The zero-order chi connectivity index (χ0) is 21.0. The van der Waals surface area contributed by atoms with Crippen molar-refractivity contribution in [3.05, 3.63) is 53.8 Å². The summed E-state index contributed by atoms with van der Waals surface area (Å²) in [6.45, 7) is 0.0715. The molecule has 1 heterocycles. The van der Waals surface area contributed by atoms with Gasteiger partial charge >= 0.3 is 6.36 Å². The lowest BCUT2D eigenvalue weighted by atomic mass is 10.2. The van der Waals surface area contributed by atoms with E-state index in [1.54, 1.807) is 12.1 Å². The van der Waals surface area contributed by atoms with E-state index in [-0.39, 0.29) is 29.9 Å². The summed E-state index contributed by atoms with van der Waals surface area (Å²) in [5.41, 5.74) is 6.90. The van der Waals surface area contributed by atoms with Gasteiger partial charge < -0.3 is 20.5 Å². The summed E-state index contributed by atoms with van der Waals surface area (Å²) < 4.78 is 59.4. The van der Waals surface area contributed by atoms with E-state index in [4.69, 9.17) is 10.5 Å². The van der Waals surface area contributed by atoms with Gasteiger partial charge in [-0.2, -0.15) is 0 Å². The molecule has 0 saturated heterocycles. The Bertz CT molecular complexity index is 992. The molecule has 3 N–H and O–H groups in total. The first-order chi connectivity index (χ1) is 13.7. The molecule has 3 aromatic rings. The molecule has 0 fully saturated rings. The number of rotatable bonds is 7. The van der Waals surface area contributed by atoms with Crippen molar-refractivity contribution in [1.29, 1.82) is 0 Å². The minimum atomic E-state index is -4.80. The van der Waals surface area contributed by atoms with Crippen LogP contribution in [0.25, 0.3) is 10.2 Å². The maximum absolute atomic E-state index is 12.8. The minimum absolute atomic E-state index is 0.0856. The standard InChI is InChI=1S/C18H15F4N3O3S/c19-11-3-1-10(2-4-11)8-27-9-13(23)16(26)25-17-24-14-6-5-12(7-15(14)29-17)28-18(20,21)22/h1-7,13H,8-9,23H2,(H,24,25,26). The molecule has 0 bridgehead atoms. The number of alkyl halides is 3. The average molecular weight is 429 g/mol. The van der Waals surface area contributed by atoms with Crippen molar-refractivity contribution in [1.82, 2.24) is 4.98 Å². The molecule has 3 rings (SSSR count). The van der Waals surface area contributed by atoms with Crippen LogP contribution < -0.4 is 15.8 Å². The van der Waals surface area contributed by atoms with Gasteiger partial charge in [-0.3, -0.25) is 4.79 Å². The fraction of sp³-hybridized carbons (Fsp3) is 0.222. The highest BCUT2D eigenvalue weighted by Gasteiger charge is 2.31. The van der Waals surface area contributed by atoms with Crippen molar-refractivity contribution < 1.29 is 31.8 Å². The zero-order valence-electron chi connectivity index (χ0n) is 14.7. The normalized spacial score (nSPS) is 12.7. The number of nitrogens with two attached hydrogens (primary N) is 1. The van der Waals surface area contributed by atoms with E-state index in [9.17, 15) is 22.4 Å². The maximum atomic E-state index is 12.8. The number of nitrogens with zero attached hydrogens (tertiary/aromatic N) is 1. The number of hydrogen-bond donors (Lipinski definition) is 2. The Kier molecular flexibility index (Phi) is 6.30. The summed E-state index contributed by atoms with van der Waals surface area (Å²) >= 11 is 0.983. The van der Waals surface area contributed by atoms with E-state index in [0.717, 1.165) is 23.0 Å². The Morgan fingerprint density at radius 1 is 1.21 bits per heavy atom. The van der Waals surface area contributed by atoms with E-state index in [0.29, 0.717) is 10.2 Å². The molecule has 154 valence electrons. The van der Waals surface area contributed by atoms with Gasteiger partial charge in [0.05, 0.1) is 23.4 Å². The van der Waals surface area contributed by atoms with Gasteiger partial charge in [0, 0.05) is 6.07 Å². The molecule has 1 unspecified atom stereocenters. The van der Waals surface area contributed by atoms with Gasteiger partial charge in [-0.15, -0.1) is 13.2 Å². The maximum Gasteiger partial charge on any atom is 0.573 e. The van der Waals surface area contributed by atoms with E-state index in [1.807, 2.05) is 0 Å². The number of fused-ring (bicyclic) bond motifs is 1. The summed E-state index contributed by atoms with van der Waals surface area (Å²) in [7, 11) is 0. The number of carbonyl (C=O) groups excluding carboxylic acids is 1. The van der Waals surface area contributed by atoms with Gasteiger partial charge in [0.2, 0.25) is 5.91 Å². The lowest BCUT2D eigenvalue weighted by molar-refractivity contribution is -0.274. The number of amides is 1. The molecule has 0 aliphatic rings. The summed E-state index contributed by atoms with van der Waals surface area (Å²) in [5.74, 6) is -1.30. The van der Waals surface area contributed by atoms with Crippen molar-refractivity contribution in [2.45, 2.75) is 19.0 Å². The first kappa shape index (κ1) is 21.0. The van der Waals surface area contributed by atoms with Gasteiger partial charge in [0.25, 0.3) is 0 Å². The number of aromatic nitrogens is 1. The molecular weight excluding hydrogens is 414 g/mol. The molecule has 0 aliphatic carbocycles. The summed E-state index contributed by atoms with van der Waals surface area (Å²) in [4.78, 5) is 16.3. The quantitative estimate of drug-likeness (QED) is 0.558. The molecular formula is C18H15F4N3O3S. The number of ether oxygens (including phenoxy) is 2. The molecule has 0 spiro atoms. The highest BCUT2D eigenvalue weighted by molar-refractivity contribution is 7.22. The SMILES string of the molecule is NC(COCc1ccc(F)cc1)C(=O)Nc1nc2ccc(OC(F)(F)F)cc2s1. The molecule has 1 aromatic heterocycles. The highest BCUT2D eigenvalue weighted by Crippen LogP contribution is 2.31. The first-order valence-corrected chi connectivity index (χ1v) is 9.06. The van der Waals surface area contributed by atoms with Crippen LogP contribution >= 0.6 is 11.3 Å². The van der Waals surface area contributed by atoms with E-state index < -0.39 is 18.3 Å². The van der Waals surface area contributed by atoms with E-state index >= 15 is 0 Å². The summed E-state index contributed by atoms with van der Waals surface area (Å²) in [6, 6.07) is 8.38. The Labute approximate surface area is 166 Å². The number of hydrogen-bond acceptors (Lipinski definition) is 6. The number of carbonyl (C=O) groups is 1. The molecule has 6 nitrogen and oxygen atoms in total. The van der Waals surface area contributed by atoms with Crippen molar-refractivity contribution in [2.24, 2.45) is 5.73 Å². The molecule has 11 heteroatoms. The number of anilines is 1. The molecule has 0 saturated carbocycles. The number of nitrogens with one attached hydrogen (secondary N) is 1. The van der Waals surface area contributed by atoms with Gasteiger partial charge in [-0.05, 0) is 29.8 Å². The predicted octanol–water partition coefficient (Wildman–Crippen LogP) is 3.82. The third kappa shape index (κ3) is 6.11. The second-order valence-electron chi connectivity index (χ2n) is 5.93. The average Bonchev–Trinajstić information content (AvgIpc) is 3.03. The number of halogens is 4. The number of benzene rings is 2. The number of thiazole rings is 1.